The molecule has 0 saturated carbocycles. The van der Waals surface area contributed by atoms with Crippen LogP contribution in [0.1, 0.15) is 20.8 Å². The van der Waals surface area contributed by atoms with Gasteiger partial charge in [-0.25, -0.2) is 0 Å². The van der Waals surface area contributed by atoms with Crippen molar-refractivity contribution < 1.29 is 17.7 Å². The molecule has 0 fully saturated rings. The average Bonchev–Trinajstić information content (AvgIpc) is 1.78. The van der Waals surface area contributed by atoms with Crippen LogP contribution in [-0.4, -0.2) is 24.3 Å². The molecular weight excluding hydrogens is 180 g/mol. The summed E-state index contributed by atoms with van der Waals surface area (Å²) in [5, 5.41) is 0. The summed E-state index contributed by atoms with van der Waals surface area (Å²) in [7, 11) is -3.97. The van der Waals surface area contributed by atoms with Gasteiger partial charge in [-0.2, -0.15) is 8.42 Å². The van der Waals surface area contributed by atoms with Crippen molar-refractivity contribution in [3.63, 3.8) is 0 Å². The first kappa shape index (κ1) is 11.4. The zero-order valence-corrected chi connectivity index (χ0v) is 8.26. The van der Waals surface area contributed by atoms with Crippen LogP contribution in [0.15, 0.2) is 12.3 Å². The van der Waals surface area contributed by atoms with E-state index in [-0.39, 0.29) is 0 Å². The maximum absolute atomic E-state index is 10.5. The van der Waals surface area contributed by atoms with Gasteiger partial charge < -0.3 is 4.74 Å². The minimum absolute atomic E-state index is 0.412. The van der Waals surface area contributed by atoms with Crippen LogP contribution in [0.4, 0.5) is 0 Å². The lowest BCUT2D eigenvalue weighted by molar-refractivity contribution is 0.0779. The zero-order valence-electron chi connectivity index (χ0n) is 7.44. The van der Waals surface area contributed by atoms with Crippen LogP contribution in [0.3, 0.4) is 0 Å². The molecule has 4 nitrogen and oxygen atoms in total. The molecule has 0 rings (SSSR count). The first-order valence-electron chi connectivity index (χ1n) is 3.51. The Balaban J connectivity index is 4.23. The molecule has 0 aliphatic rings. The molecule has 0 heterocycles. The number of ether oxygens (including phenoxy) is 1. The molecule has 72 valence electrons. The number of allylic oxidation sites excluding steroid dienone is 1. The van der Waals surface area contributed by atoms with E-state index in [1.54, 1.807) is 26.8 Å². The van der Waals surface area contributed by atoms with Gasteiger partial charge in [0.25, 0.3) is 10.1 Å². The highest BCUT2D eigenvalue weighted by Gasteiger charge is 2.25. The van der Waals surface area contributed by atoms with Crippen molar-refractivity contribution in [2.24, 2.45) is 0 Å². The molecule has 5 heteroatoms. The standard InChI is InChI=1S/C7H14O4S/c1-4-5-11-7(2,3)6-12(8,9)10/h4-5H,6H2,1-3H3,(H,8,9,10). The van der Waals surface area contributed by atoms with E-state index < -0.39 is 21.5 Å². The molecule has 0 atom stereocenters. The Labute approximate surface area is 73.0 Å². The molecular formula is C7H14O4S. The van der Waals surface area contributed by atoms with Crippen molar-refractivity contribution in [3.05, 3.63) is 12.3 Å². The second kappa shape index (κ2) is 3.91. The minimum atomic E-state index is -3.97. The molecule has 0 aromatic rings. The number of rotatable bonds is 4. The fraction of sp³-hybridized carbons (Fsp3) is 0.714. The van der Waals surface area contributed by atoms with Gasteiger partial charge in [0.1, 0.15) is 11.4 Å². The summed E-state index contributed by atoms with van der Waals surface area (Å²) < 4.78 is 34.5. The van der Waals surface area contributed by atoms with E-state index in [2.05, 4.69) is 0 Å². The highest BCUT2D eigenvalue weighted by Crippen LogP contribution is 2.11. The van der Waals surface area contributed by atoms with Crippen molar-refractivity contribution in [1.82, 2.24) is 0 Å². The van der Waals surface area contributed by atoms with Crippen LogP contribution >= 0.6 is 0 Å². The molecule has 0 aromatic carbocycles. The van der Waals surface area contributed by atoms with Crippen molar-refractivity contribution in [1.29, 1.82) is 0 Å². The van der Waals surface area contributed by atoms with Gasteiger partial charge in [0.15, 0.2) is 0 Å². The van der Waals surface area contributed by atoms with Gasteiger partial charge in [0.2, 0.25) is 0 Å². The van der Waals surface area contributed by atoms with Crippen LogP contribution in [-0.2, 0) is 14.9 Å². The van der Waals surface area contributed by atoms with Crippen molar-refractivity contribution in [3.8, 4) is 0 Å². The number of hydrogen-bond acceptors (Lipinski definition) is 3. The molecule has 1 N–H and O–H groups in total. The lowest BCUT2D eigenvalue weighted by Gasteiger charge is -2.22. The second-order valence-corrected chi connectivity index (χ2v) is 4.53. The van der Waals surface area contributed by atoms with Crippen molar-refractivity contribution in [2.75, 3.05) is 5.75 Å². The van der Waals surface area contributed by atoms with Gasteiger partial charge in [-0.05, 0) is 20.8 Å². The lowest BCUT2D eigenvalue weighted by Crippen LogP contribution is -2.31. The minimum Gasteiger partial charge on any atom is -0.495 e. The lowest BCUT2D eigenvalue weighted by atomic mass is 10.2. The maximum atomic E-state index is 10.5. The molecule has 0 bridgehead atoms. The van der Waals surface area contributed by atoms with Gasteiger partial charge in [0.05, 0.1) is 6.26 Å². The van der Waals surface area contributed by atoms with E-state index in [0.29, 0.717) is 0 Å². The van der Waals surface area contributed by atoms with Crippen LogP contribution in [0.25, 0.3) is 0 Å². The molecule has 0 aliphatic heterocycles. The van der Waals surface area contributed by atoms with E-state index >= 15 is 0 Å². The molecule has 0 amide bonds. The monoisotopic (exact) mass is 194 g/mol. The Morgan fingerprint density at radius 3 is 2.33 bits per heavy atom. The molecule has 0 radical (unpaired) electrons. The number of hydrogen-bond donors (Lipinski definition) is 1. The molecule has 12 heavy (non-hydrogen) atoms. The van der Waals surface area contributed by atoms with Gasteiger partial charge in [-0.15, -0.1) is 0 Å². The van der Waals surface area contributed by atoms with Gasteiger partial charge in [-0.1, -0.05) is 6.08 Å². The van der Waals surface area contributed by atoms with Crippen LogP contribution in [0.2, 0.25) is 0 Å². The Hall–Kier alpha value is -0.550. The quantitative estimate of drug-likeness (QED) is 0.539. The largest absolute Gasteiger partial charge is 0.495 e. The summed E-state index contributed by atoms with van der Waals surface area (Å²) in [6, 6.07) is 0. The third kappa shape index (κ3) is 6.18. The third-order valence-electron chi connectivity index (χ3n) is 1.05. The van der Waals surface area contributed by atoms with Crippen LogP contribution < -0.4 is 0 Å². The molecule has 0 saturated heterocycles. The first-order chi connectivity index (χ1) is 5.27. The van der Waals surface area contributed by atoms with Crippen LogP contribution in [0.5, 0.6) is 0 Å². The predicted molar refractivity (Wildman–Crippen MR) is 46.4 cm³/mol. The molecule has 0 aromatic heterocycles. The predicted octanol–water partition coefficient (Wildman–Crippen LogP) is 1.20. The van der Waals surface area contributed by atoms with Crippen molar-refractivity contribution >= 4 is 10.1 Å². The Kier molecular flexibility index (Phi) is 3.73. The van der Waals surface area contributed by atoms with E-state index in [1.165, 1.54) is 6.26 Å². The smallest absolute Gasteiger partial charge is 0.268 e. The summed E-state index contributed by atoms with van der Waals surface area (Å²) in [4.78, 5) is 0. The second-order valence-electron chi connectivity index (χ2n) is 3.07. The van der Waals surface area contributed by atoms with E-state index in [1.807, 2.05) is 0 Å². The molecule has 0 spiro atoms. The Morgan fingerprint density at radius 1 is 1.50 bits per heavy atom. The molecule has 0 unspecified atom stereocenters. The van der Waals surface area contributed by atoms with Gasteiger partial charge in [0, 0.05) is 0 Å². The summed E-state index contributed by atoms with van der Waals surface area (Å²) >= 11 is 0. The van der Waals surface area contributed by atoms with Gasteiger partial charge in [-0.3, -0.25) is 4.55 Å². The third-order valence-corrected chi connectivity index (χ3v) is 2.11. The fourth-order valence-electron chi connectivity index (χ4n) is 0.726. The van der Waals surface area contributed by atoms with E-state index in [0.717, 1.165) is 0 Å². The van der Waals surface area contributed by atoms with E-state index in [4.69, 9.17) is 9.29 Å². The summed E-state index contributed by atoms with van der Waals surface area (Å²) in [5.74, 6) is -0.412. The normalized spacial score (nSPS) is 13.7. The molecule has 0 aliphatic carbocycles. The Bertz CT molecular complexity index is 251. The highest BCUT2D eigenvalue weighted by atomic mass is 32.2. The van der Waals surface area contributed by atoms with Gasteiger partial charge >= 0.3 is 0 Å². The first-order valence-corrected chi connectivity index (χ1v) is 5.12. The Morgan fingerprint density at radius 2 is 2.00 bits per heavy atom. The summed E-state index contributed by atoms with van der Waals surface area (Å²) in [5.41, 5.74) is -0.889. The summed E-state index contributed by atoms with van der Waals surface area (Å²) in [6.45, 7) is 4.92. The highest BCUT2D eigenvalue weighted by molar-refractivity contribution is 7.85. The fourth-order valence-corrected chi connectivity index (χ4v) is 1.67. The van der Waals surface area contributed by atoms with Crippen LogP contribution in [0, 0.1) is 0 Å². The zero-order chi connectivity index (χ0) is 9.83. The topological polar surface area (TPSA) is 63.6 Å². The maximum Gasteiger partial charge on any atom is 0.268 e. The van der Waals surface area contributed by atoms with Crippen molar-refractivity contribution in [2.45, 2.75) is 26.4 Å². The summed E-state index contributed by atoms with van der Waals surface area (Å²) in [6.07, 6.45) is 3.04. The van der Waals surface area contributed by atoms with E-state index in [9.17, 15) is 8.42 Å². The average molecular weight is 194 g/mol. The SMILES string of the molecule is CC=COC(C)(C)CS(=O)(=O)O.